The van der Waals surface area contributed by atoms with E-state index in [1.165, 1.54) is 19.3 Å². The third kappa shape index (κ3) is 2.04. The van der Waals surface area contributed by atoms with Crippen LogP contribution in [0.4, 0.5) is 0 Å². The molecule has 0 radical (unpaired) electrons. The van der Waals surface area contributed by atoms with Crippen molar-refractivity contribution in [1.82, 2.24) is 0 Å². The molecule has 0 spiro atoms. The van der Waals surface area contributed by atoms with Gasteiger partial charge in [-0.2, -0.15) is 0 Å². The van der Waals surface area contributed by atoms with Crippen molar-refractivity contribution in [3.63, 3.8) is 0 Å². The van der Waals surface area contributed by atoms with Crippen LogP contribution in [0.1, 0.15) is 60.8 Å². The minimum Gasteiger partial charge on any atom is -0.403 e. The predicted molar refractivity (Wildman–Crippen MR) is 67.5 cm³/mol. The van der Waals surface area contributed by atoms with E-state index in [1.54, 1.807) is 0 Å². The molecule has 0 amide bonds. The summed E-state index contributed by atoms with van der Waals surface area (Å²) >= 11 is 0. The Hall–Kier alpha value is -0.0151. The first-order chi connectivity index (χ1) is 7.13. The van der Waals surface area contributed by atoms with Gasteiger partial charge in [0.05, 0.1) is 11.2 Å². The Morgan fingerprint density at radius 3 is 1.81 bits per heavy atom. The highest BCUT2D eigenvalue weighted by Crippen LogP contribution is 2.50. The van der Waals surface area contributed by atoms with Crippen molar-refractivity contribution < 1.29 is 9.31 Å². The lowest BCUT2D eigenvalue weighted by Gasteiger charge is -2.32. The van der Waals surface area contributed by atoms with Crippen LogP contribution in [0.2, 0.25) is 5.82 Å². The fourth-order valence-electron chi connectivity index (χ4n) is 2.80. The van der Waals surface area contributed by atoms with Gasteiger partial charge in [-0.25, -0.2) is 0 Å². The molecule has 0 N–H and O–H groups in total. The van der Waals surface area contributed by atoms with Crippen LogP contribution in [-0.2, 0) is 9.31 Å². The second kappa shape index (κ2) is 3.49. The van der Waals surface area contributed by atoms with E-state index in [4.69, 9.17) is 9.31 Å². The van der Waals surface area contributed by atoms with E-state index in [0.717, 1.165) is 0 Å². The van der Waals surface area contributed by atoms with Crippen molar-refractivity contribution >= 4 is 7.12 Å². The number of hydrogen-bond acceptors (Lipinski definition) is 2. The first-order valence-corrected chi connectivity index (χ1v) is 6.49. The SMILES string of the molecule is CC1(C)CCC(B2OC(C)(C)C(C)(C)O2)C1. The molecule has 0 bridgehead atoms. The minimum atomic E-state index is -0.176. The Morgan fingerprint density at radius 2 is 1.44 bits per heavy atom. The Labute approximate surface area is 100 Å². The van der Waals surface area contributed by atoms with Gasteiger partial charge in [-0.15, -0.1) is 0 Å². The number of hydrogen-bond donors (Lipinski definition) is 0. The standard InChI is InChI=1S/C13H25BO2/c1-11(2)8-7-10(9-11)14-15-12(3,4)13(5,6)16-14/h10H,7-9H2,1-6H3. The van der Waals surface area contributed by atoms with Crippen molar-refractivity contribution in [2.75, 3.05) is 0 Å². The first-order valence-electron chi connectivity index (χ1n) is 6.49. The van der Waals surface area contributed by atoms with Gasteiger partial charge in [-0.1, -0.05) is 20.3 Å². The van der Waals surface area contributed by atoms with Crippen LogP contribution in [0.25, 0.3) is 0 Å². The highest BCUT2D eigenvalue weighted by atomic mass is 16.7. The summed E-state index contributed by atoms with van der Waals surface area (Å²) in [4.78, 5) is 0. The largest absolute Gasteiger partial charge is 0.461 e. The molecule has 1 saturated heterocycles. The summed E-state index contributed by atoms with van der Waals surface area (Å²) < 4.78 is 12.2. The molecule has 1 aliphatic carbocycles. The van der Waals surface area contributed by atoms with E-state index in [2.05, 4.69) is 41.5 Å². The van der Waals surface area contributed by atoms with Gasteiger partial charge >= 0.3 is 7.12 Å². The summed E-state index contributed by atoms with van der Waals surface area (Å²) in [7, 11) is 0.00627. The maximum atomic E-state index is 6.12. The zero-order valence-electron chi connectivity index (χ0n) is 11.6. The van der Waals surface area contributed by atoms with Gasteiger partial charge in [0, 0.05) is 0 Å². The molecule has 2 rings (SSSR count). The van der Waals surface area contributed by atoms with Gasteiger partial charge in [0.25, 0.3) is 0 Å². The first kappa shape index (κ1) is 12.4. The maximum absolute atomic E-state index is 6.12. The lowest BCUT2D eigenvalue weighted by atomic mass is 9.69. The summed E-state index contributed by atoms with van der Waals surface area (Å²) in [5.74, 6) is 0.580. The Morgan fingerprint density at radius 1 is 0.938 bits per heavy atom. The monoisotopic (exact) mass is 224 g/mol. The van der Waals surface area contributed by atoms with Crippen LogP contribution in [0, 0.1) is 5.41 Å². The van der Waals surface area contributed by atoms with Crippen molar-refractivity contribution in [2.24, 2.45) is 5.41 Å². The summed E-state index contributed by atoms with van der Waals surface area (Å²) in [5, 5.41) is 0. The van der Waals surface area contributed by atoms with E-state index in [1.807, 2.05) is 0 Å². The molecule has 1 atom stereocenters. The average Bonchev–Trinajstić information content (AvgIpc) is 2.52. The van der Waals surface area contributed by atoms with Crippen LogP contribution >= 0.6 is 0 Å². The van der Waals surface area contributed by atoms with E-state index in [-0.39, 0.29) is 18.3 Å². The van der Waals surface area contributed by atoms with E-state index >= 15 is 0 Å². The smallest absolute Gasteiger partial charge is 0.403 e. The maximum Gasteiger partial charge on any atom is 0.461 e. The summed E-state index contributed by atoms with van der Waals surface area (Å²) in [6.07, 6.45) is 3.76. The molecule has 0 aromatic heterocycles. The third-order valence-electron chi connectivity index (χ3n) is 4.66. The fourth-order valence-corrected chi connectivity index (χ4v) is 2.80. The minimum absolute atomic E-state index is 0.00627. The van der Waals surface area contributed by atoms with Crippen LogP contribution in [0.15, 0.2) is 0 Å². The molecule has 16 heavy (non-hydrogen) atoms. The molecule has 1 unspecified atom stereocenters. The Balaban J connectivity index is 2.05. The van der Waals surface area contributed by atoms with Crippen LogP contribution in [0.3, 0.4) is 0 Å². The molecule has 92 valence electrons. The van der Waals surface area contributed by atoms with Crippen LogP contribution in [0.5, 0.6) is 0 Å². The Bertz CT molecular complexity index is 268. The highest BCUT2D eigenvalue weighted by molar-refractivity contribution is 6.47. The van der Waals surface area contributed by atoms with Crippen molar-refractivity contribution in [3.8, 4) is 0 Å². The topological polar surface area (TPSA) is 18.5 Å². The molecule has 1 aliphatic heterocycles. The van der Waals surface area contributed by atoms with E-state index in [9.17, 15) is 0 Å². The van der Waals surface area contributed by atoms with Gasteiger partial charge in [0.2, 0.25) is 0 Å². The molecule has 2 fully saturated rings. The molecule has 2 nitrogen and oxygen atoms in total. The van der Waals surface area contributed by atoms with E-state index < -0.39 is 0 Å². The Kier molecular flexibility index (Phi) is 2.71. The highest BCUT2D eigenvalue weighted by Gasteiger charge is 2.55. The molecule has 0 aromatic rings. The predicted octanol–water partition coefficient (Wildman–Crippen LogP) is 3.66. The van der Waals surface area contributed by atoms with Gasteiger partial charge < -0.3 is 9.31 Å². The molecule has 1 saturated carbocycles. The quantitative estimate of drug-likeness (QED) is 0.633. The molecule has 1 heterocycles. The third-order valence-corrected chi connectivity index (χ3v) is 4.66. The van der Waals surface area contributed by atoms with Crippen molar-refractivity contribution in [3.05, 3.63) is 0 Å². The van der Waals surface area contributed by atoms with Gasteiger partial charge in [-0.05, 0) is 51.8 Å². The van der Waals surface area contributed by atoms with Gasteiger partial charge in [0.15, 0.2) is 0 Å². The van der Waals surface area contributed by atoms with E-state index in [0.29, 0.717) is 11.2 Å². The lowest BCUT2D eigenvalue weighted by molar-refractivity contribution is 0.00578. The zero-order valence-corrected chi connectivity index (χ0v) is 11.6. The lowest BCUT2D eigenvalue weighted by Crippen LogP contribution is -2.41. The summed E-state index contributed by atoms with van der Waals surface area (Å²) in [6, 6.07) is 0. The molecule has 2 aliphatic rings. The fraction of sp³-hybridized carbons (Fsp3) is 1.00. The van der Waals surface area contributed by atoms with Crippen molar-refractivity contribution in [1.29, 1.82) is 0 Å². The van der Waals surface area contributed by atoms with Gasteiger partial charge in [0.1, 0.15) is 0 Å². The molecule has 3 heteroatoms. The van der Waals surface area contributed by atoms with Crippen LogP contribution in [-0.4, -0.2) is 18.3 Å². The van der Waals surface area contributed by atoms with Crippen LogP contribution < -0.4 is 0 Å². The normalized spacial score (nSPS) is 35.6. The second-order valence-electron chi connectivity index (χ2n) is 7.29. The zero-order chi connectivity index (χ0) is 12.2. The average molecular weight is 224 g/mol. The molecular formula is C13H25BO2. The summed E-state index contributed by atoms with van der Waals surface area (Å²) in [5.41, 5.74) is 0.114. The van der Waals surface area contributed by atoms with Crippen molar-refractivity contribution in [2.45, 2.75) is 77.8 Å². The molecular weight excluding hydrogens is 199 g/mol. The molecule has 0 aromatic carbocycles. The second-order valence-corrected chi connectivity index (χ2v) is 7.29. The number of rotatable bonds is 1. The summed E-state index contributed by atoms with van der Waals surface area (Å²) in [6.45, 7) is 13.2. The van der Waals surface area contributed by atoms with Gasteiger partial charge in [-0.3, -0.25) is 0 Å².